The van der Waals surface area contributed by atoms with Crippen LogP contribution in [0.5, 0.6) is 0 Å². The van der Waals surface area contributed by atoms with Crippen molar-refractivity contribution in [3.05, 3.63) is 47.7 Å². The summed E-state index contributed by atoms with van der Waals surface area (Å²) in [6, 6.07) is 8.66. The molecule has 0 radical (unpaired) electrons. The summed E-state index contributed by atoms with van der Waals surface area (Å²) in [5, 5.41) is 12.0. The zero-order valence-corrected chi connectivity index (χ0v) is 25.0. The topological polar surface area (TPSA) is 50.4 Å². The quantitative estimate of drug-likeness (QED) is 0.395. The third kappa shape index (κ3) is 2.93. The largest absolute Gasteiger partial charge is 0.481 e. The van der Waals surface area contributed by atoms with E-state index >= 15 is 0 Å². The zero-order chi connectivity index (χ0) is 27.8. The van der Waals surface area contributed by atoms with Crippen LogP contribution in [0.25, 0.3) is 11.0 Å². The van der Waals surface area contributed by atoms with Gasteiger partial charge in [0.05, 0.1) is 5.41 Å². The molecule has 0 aliphatic heterocycles. The van der Waals surface area contributed by atoms with Crippen molar-refractivity contribution in [1.82, 2.24) is 0 Å². The summed E-state index contributed by atoms with van der Waals surface area (Å²) >= 11 is 0. The average Bonchev–Trinajstić information content (AvgIpc) is 3.45. The van der Waals surface area contributed by atoms with Crippen molar-refractivity contribution < 1.29 is 14.3 Å². The predicted molar refractivity (Wildman–Crippen MR) is 157 cm³/mol. The zero-order valence-electron chi connectivity index (χ0n) is 25.0. The van der Waals surface area contributed by atoms with Gasteiger partial charge in [0.15, 0.2) is 0 Å². The number of fused-ring (bicyclic) bond motifs is 10. The van der Waals surface area contributed by atoms with Gasteiger partial charge in [0.1, 0.15) is 11.3 Å². The summed E-state index contributed by atoms with van der Waals surface area (Å²) in [6.07, 6.45) is 9.70. The number of hydrogen-bond donors (Lipinski definition) is 1. The van der Waals surface area contributed by atoms with Crippen LogP contribution in [0.4, 0.5) is 0 Å². The first-order valence-electron chi connectivity index (χ1n) is 15.7. The minimum Gasteiger partial charge on any atom is -0.481 e. The Bertz CT molecular complexity index is 1380. The molecule has 5 aliphatic rings. The Morgan fingerprint density at radius 3 is 2.38 bits per heavy atom. The lowest BCUT2D eigenvalue weighted by atomic mass is 9.32. The molecule has 2 aromatic rings. The van der Waals surface area contributed by atoms with Crippen molar-refractivity contribution in [3.8, 4) is 0 Å². The average molecular weight is 529 g/mol. The molecule has 3 nitrogen and oxygen atoms in total. The van der Waals surface area contributed by atoms with E-state index < -0.39 is 11.4 Å². The highest BCUT2D eigenvalue weighted by atomic mass is 16.4. The molecule has 9 atom stereocenters. The fraction of sp³-hybridized carbons (Fsp3) is 0.694. The smallest absolute Gasteiger partial charge is 0.309 e. The lowest BCUT2D eigenvalue weighted by molar-refractivity contribution is -0.228. The van der Waals surface area contributed by atoms with E-state index in [0.717, 1.165) is 37.7 Å². The molecule has 7 rings (SSSR count). The molecular weight excluding hydrogens is 480 g/mol. The molecule has 0 spiro atoms. The summed E-state index contributed by atoms with van der Waals surface area (Å²) in [5.74, 6) is 2.98. The van der Waals surface area contributed by atoms with Crippen molar-refractivity contribution >= 4 is 16.9 Å². The molecule has 4 unspecified atom stereocenters. The first-order chi connectivity index (χ1) is 18.3. The van der Waals surface area contributed by atoms with Gasteiger partial charge in [0, 0.05) is 16.4 Å². The number of hydrogen-bond acceptors (Lipinski definition) is 2. The Morgan fingerprint density at radius 2 is 1.67 bits per heavy atom. The number of carbonyl (C=O) groups is 1. The second-order valence-corrected chi connectivity index (χ2v) is 16.0. The van der Waals surface area contributed by atoms with Crippen LogP contribution in [-0.2, 0) is 16.6 Å². The molecule has 0 amide bonds. The highest BCUT2D eigenvalue weighted by molar-refractivity contribution is 5.83. The minimum atomic E-state index is -0.546. The van der Waals surface area contributed by atoms with Crippen LogP contribution in [0, 0.1) is 51.2 Å². The highest BCUT2D eigenvalue weighted by Crippen LogP contribution is 2.77. The van der Waals surface area contributed by atoms with Gasteiger partial charge in [-0.2, -0.15) is 0 Å². The summed E-state index contributed by atoms with van der Waals surface area (Å²) in [6.45, 7) is 19.3. The molecule has 1 heterocycles. The number of para-hydroxylation sites is 1. The molecule has 210 valence electrons. The van der Waals surface area contributed by atoms with E-state index in [9.17, 15) is 9.90 Å². The van der Waals surface area contributed by atoms with Crippen molar-refractivity contribution in [3.63, 3.8) is 0 Å². The maximum absolute atomic E-state index is 12.9. The van der Waals surface area contributed by atoms with Crippen LogP contribution in [0.1, 0.15) is 104 Å². The van der Waals surface area contributed by atoms with Gasteiger partial charge in [0.2, 0.25) is 0 Å². The SMILES string of the molecule is C=C(C)[C@@H]1CC[C@]2(C(=O)O)CC[C@]3(C)C(CCC4[C@@]5(C)Cc6c(oc7ccccc67)C(C)(C)C5CC[C@]43C)C12. The first kappa shape index (κ1) is 25.9. The molecule has 4 fully saturated rings. The summed E-state index contributed by atoms with van der Waals surface area (Å²) < 4.78 is 6.62. The Labute approximate surface area is 234 Å². The molecule has 0 bridgehead atoms. The number of allylic oxidation sites excluding steroid dienone is 1. The van der Waals surface area contributed by atoms with Crippen LogP contribution < -0.4 is 0 Å². The Kier molecular flexibility index (Phi) is 5.20. The normalized spacial score (nSPS) is 45.9. The molecule has 1 N–H and O–H groups in total. The second kappa shape index (κ2) is 7.83. The van der Waals surface area contributed by atoms with Gasteiger partial charge < -0.3 is 9.52 Å². The lowest BCUT2D eigenvalue weighted by Gasteiger charge is -2.72. The second-order valence-electron chi connectivity index (χ2n) is 16.0. The minimum absolute atomic E-state index is 0.00195. The van der Waals surface area contributed by atoms with Crippen LogP contribution >= 0.6 is 0 Å². The van der Waals surface area contributed by atoms with E-state index in [2.05, 4.69) is 72.4 Å². The summed E-state index contributed by atoms with van der Waals surface area (Å²) in [5.41, 5.74) is 3.74. The van der Waals surface area contributed by atoms with Crippen molar-refractivity contribution in [2.45, 2.75) is 105 Å². The van der Waals surface area contributed by atoms with Crippen LogP contribution in [0.2, 0.25) is 0 Å². The fourth-order valence-electron chi connectivity index (χ4n) is 12.6. The van der Waals surface area contributed by atoms with Gasteiger partial charge in [-0.3, -0.25) is 4.79 Å². The number of rotatable bonds is 2. The summed E-state index contributed by atoms with van der Waals surface area (Å²) in [7, 11) is 0. The monoisotopic (exact) mass is 528 g/mol. The number of aliphatic carboxylic acids is 1. The fourth-order valence-corrected chi connectivity index (χ4v) is 12.6. The van der Waals surface area contributed by atoms with E-state index in [1.165, 1.54) is 48.0 Å². The molecule has 4 saturated carbocycles. The molecule has 39 heavy (non-hydrogen) atoms. The number of carboxylic acids is 1. The maximum atomic E-state index is 12.9. The Morgan fingerprint density at radius 1 is 0.923 bits per heavy atom. The first-order valence-corrected chi connectivity index (χ1v) is 15.7. The Balaban J connectivity index is 1.33. The molecular formula is C36H48O3. The van der Waals surface area contributed by atoms with Crippen molar-refractivity contribution in [1.29, 1.82) is 0 Å². The van der Waals surface area contributed by atoms with E-state index in [-0.39, 0.29) is 27.6 Å². The predicted octanol–water partition coefficient (Wildman–Crippen LogP) is 9.19. The van der Waals surface area contributed by atoms with E-state index in [1.54, 1.807) is 0 Å². The van der Waals surface area contributed by atoms with Gasteiger partial charge in [-0.1, -0.05) is 65.0 Å². The molecule has 3 heteroatoms. The molecule has 5 aliphatic carbocycles. The van der Waals surface area contributed by atoms with Crippen molar-refractivity contribution in [2.75, 3.05) is 0 Å². The van der Waals surface area contributed by atoms with E-state index in [4.69, 9.17) is 4.42 Å². The van der Waals surface area contributed by atoms with Gasteiger partial charge >= 0.3 is 5.97 Å². The summed E-state index contributed by atoms with van der Waals surface area (Å²) in [4.78, 5) is 12.9. The number of benzene rings is 1. The van der Waals surface area contributed by atoms with Crippen LogP contribution in [0.15, 0.2) is 40.8 Å². The molecule has 0 saturated heterocycles. The van der Waals surface area contributed by atoms with Crippen LogP contribution in [-0.4, -0.2) is 11.1 Å². The van der Waals surface area contributed by atoms with Gasteiger partial charge in [0.25, 0.3) is 0 Å². The highest BCUT2D eigenvalue weighted by Gasteiger charge is 2.72. The molecule has 1 aromatic heterocycles. The van der Waals surface area contributed by atoms with E-state index in [1.807, 2.05) is 0 Å². The standard InChI is InChI=1S/C36H48O3/c1-21(2)22-14-17-36(31(37)38)19-18-34(6)25(29(22)36)12-13-28-33(5)20-24-23-10-8-9-11-26(23)39-30(24)32(3,4)27(33)15-16-35(28,34)7/h8-11,22,25,27-29H,1,12-20H2,2-7H3,(H,37,38)/t22-,25?,27?,28?,29?,33-,34+,35+,36-/m0/s1. The number of carboxylic acid groups (broad SMARTS) is 1. The third-order valence-corrected chi connectivity index (χ3v) is 14.5. The van der Waals surface area contributed by atoms with Crippen molar-refractivity contribution in [2.24, 2.45) is 51.2 Å². The number of furan rings is 1. The maximum Gasteiger partial charge on any atom is 0.309 e. The Hall–Kier alpha value is -2.03. The third-order valence-electron chi connectivity index (χ3n) is 14.5. The van der Waals surface area contributed by atoms with E-state index in [0.29, 0.717) is 23.7 Å². The molecule has 1 aromatic carbocycles. The van der Waals surface area contributed by atoms with Gasteiger partial charge in [-0.25, -0.2) is 0 Å². The van der Waals surface area contributed by atoms with Gasteiger partial charge in [-0.05, 0) is 117 Å². The van der Waals surface area contributed by atoms with Gasteiger partial charge in [-0.15, -0.1) is 0 Å². The van der Waals surface area contributed by atoms with Crippen LogP contribution in [0.3, 0.4) is 0 Å². The lowest BCUT2D eigenvalue weighted by Crippen LogP contribution is -2.66.